The highest BCUT2D eigenvalue weighted by atomic mass is 19.1. The van der Waals surface area contributed by atoms with E-state index in [1.165, 1.54) is 6.07 Å². The van der Waals surface area contributed by atoms with Crippen molar-refractivity contribution >= 4 is 11.5 Å². The molecule has 0 radical (unpaired) electrons. The molecule has 0 bridgehead atoms. The quantitative estimate of drug-likeness (QED) is 0.446. The highest BCUT2D eigenvalue weighted by Gasteiger charge is 2.29. The second kappa shape index (κ2) is 11.3. The molecule has 1 aliphatic heterocycles. The van der Waals surface area contributed by atoms with Gasteiger partial charge in [0.15, 0.2) is 0 Å². The van der Waals surface area contributed by atoms with E-state index < -0.39 is 0 Å². The minimum Gasteiger partial charge on any atom is -0.367 e. The van der Waals surface area contributed by atoms with Crippen LogP contribution in [-0.2, 0) is 11.2 Å². The number of hydrogen-bond acceptors (Lipinski definition) is 5. The molecule has 6 heteroatoms. The molecule has 0 atom stereocenters. The lowest BCUT2D eigenvalue weighted by molar-refractivity contribution is -0.122. The molecule has 3 heterocycles. The molecule has 2 aromatic heterocycles. The van der Waals surface area contributed by atoms with Crippen LogP contribution >= 0.6 is 0 Å². The Labute approximate surface area is 201 Å². The van der Waals surface area contributed by atoms with Gasteiger partial charge in [-0.3, -0.25) is 19.7 Å². The molecule has 4 rings (SSSR count). The van der Waals surface area contributed by atoms with Crippen LogP contribution < -0.4 is 4.90 Å². The van der Waals surface area contributed by atoms with Crippen molar-refractivity contribution < 1.29 is 9.18 Å². The van der Waals surface area contributed by atoms with Crippen LogP contribution in [0.5, 0.6) is 0 Å². The van der Waals surface area contributed by atoms with Gasteiger partial charge in [0.2, 0.25) is 0 Å². The van der Waals surface area contributed by atoms with E-state index in [4.69, 9.17) is 0 Å². The third-order valence-electron chi connectivity index (χ3n) is 6.79. The van der Waals surface area contributed by atoms with Crippen molar-refractivity contribution in [1.29, 1.82) is 0 Å². The molecule has 178 valence electrons. The molecule has 1 saturated heterocycles. The molecule has 34 heavy (non-hydrogen) atoms. The number of pyridine rings is 2. The molecule has 0 spiro atoms. The van der Waals surface area contributed by atoms with Gasteiger partial charge < -0.3 is 4.90 Å². The number of rotatable bonds is 9. The smallest absolute Gasteiger partial charge is 0.146 e. The Hall–Kier alpha value is -3.12. The molecule has 1 aliphatic rings. The Kier molecular flexibility index (Phi) is 8.01. The Morgan fingerprint density at radius 1 is 0.912 bits per heavy atom. The Balaban J connectivity index is 1.45. The van der Waals surface area contributed by atoms with Crippen LogP contribution in [0.3, 0.4) is 0 Å². The van der Waals surface area contributed by atoms with Crippen LogP contribution in [0.15, 0.2) is 67.0 Å². The van der Waals surface area contributed by atoms with E-state index in [0.717, 1.165) is 42.9 Å². The molecule has 0 saturated carbocycles. The lowest BCUT2D eigenvalue weighted by atomic mass is 9.93. The number of Topliss-reactive ketones (excluding diaryl/α,β-unsaturated/α-hetero) is 1. The summed E-state index contributed by atoms with van der Waals surface area (Å²) in [6.07, 6.45) is 5.59. The molecule has 1 fully saturated rings. The van der Waals surface area contributed by atoms with Gasteiger partial charge in [0.25, 0.3) is 0 Å². The van der Waals surface area contributed by atoms with Gasteiger partial charge in [0, 0.05) is 50.9 Å². The van der Waals surface area contributed by atoms with E-state index in [0.29, 0.717) is 25.2 Å². The Morgan fingerprint density at radius 3 is 2.03 bits per heavy atom. The standard InChI is InChI=1S/C28H33FN4O/c1-3-22(4-2)27(34)20-21-11-12-26(23(29)19-21)32-15-17-33(18-16-32)28(24-9-5-7-13-30-24)25-10-6-8-14-31-25/h5-14,19,22,28H,3-4,15-18,20H2,1-2H3. The van der Waals surface area contributed by atoms with Crippen molar-refractivity contribution in [2.45, 2.75) is 39.2 Å². The second-order valence-electron chi connectivity index (χ2n) is 8.88. The number of carbonyl (C=O) groups excluding carboxylic acids is 1. The number of hydrogen-bond donors (Lipinski definition) is 0. The average molecular weight is 461 g/mol. The summed E-state index contributed by atoms with van der Waals surface area (Å²) >= 11 is 0. The predicted molar refractivity (Wildman–Crippen MR) is 133 cm³/mol. The summed E-state index contributed by atoms with van der Waals surface area (Å²) in [5.74, 6) is -0.00267. The molecule has 5 nitrogen and oxygen atoms in total. The summed E-state index contributed by atoms with van der Waals surface area (Å²) in [6.45, 7) is 7.01. The summed E-state index contributed by atoms with van der Waals surface area (Å²) in [7, 11) is 0. The van der Waals surface area contributed by atoms with Gasteiger partial charge in [-0.1, -0.05) is 32.0 Å². The zero-order valence-electron chi connectivity index (χ0n) is 20.0. The third kappa shape index (κ3) is 5.50. The van der Waals surface area contributed by atoms with Gasteiger partial charge in [0.05, 0.1) is 23.1 Å². The van der Waals surface area contributed by atoms with Crippen molar-refractivity contribution in [2.75, 3.05) is 31.1 Å². The number of piperazine rings is 1. The molecular formula is C28H33FN4O. The first-order valence-electron chi connectivity index (χ1n) is 12.2. The number of carbonyl (C=O) groups is 1. The van der Waals surface area contributed by atoms with E-state index in [9.17, 15) is 4.79 Å². The van der Waals surface area contributed by atoms with Crippen molar-refractivity contribution in [1.82, 2.24) is 14.9 Å². The van der Waals surface area contributed by atoms with Crippen molar-refractivity contribution in [3.05, 3.63) is 89.8 Å². The van der Waals surface area contributed by atoms with Crippen LogP contribution in [0.4, 0.5) is 10.1 Å². The number of halogens is 1. The molecule has 0 amide bonds. The van der Waals surface area contributed by atoms with Gasteiger partial charge >= 0.3 is 0 Å². The predicted octanol–water partition coefficient (Wildman–Crippen LogP) is 5.08. The third-order valence-corrected chi connectivity index (χ3v) is 6.79. The van der Waals surface area contributed by atoms with E-state index in [1.807, 2.05) is 74.8 Å². The normalized spacial score (nSPS) is 14.7. The van der Waals surface area contributed by atoms with E-state index in [-0.39, 0.29) is 23.6 Å². The summed E-state index contributed by atoms with van der Waals surface area (Å²) in [4.78, 5) is 26.1. The minimum atomic E-state index is -0.255. The van der Waals surface area contributed by atoms with Crippen LogP contribution in [0.1, 0.15) is 49.7 Å². The fraction of sp³-hybridized carbons (Fsp3) is 0.393. The maximum atomic E-state index is 15.0. The summed E-state index contributed by atoms with van der Waals surface area (Å²) in [5.41, 5.74) is 3.28. The van der Waals surface area contributed by atoms with Gasteiger partial charge in [-0.2, -0.15) is 0 Å². The van der Waals surface area contributed by atoms with Crippen LogP contribution in [0, 0.1) is 11.7 Å². The van der Waals surface area contributed by atoms with Crippen molar-refractivity contribution in [3.8, 4) is 0 Å². The minimum absolute atomic E-state index is 0.0344. The molecule has 1 aromatic carbocycles. The first kappa shape index (κ1) is 24.0. The number of benzene rings is 1. The number of anilines is 1. The fourth-order valence-corrected chi connectivity index (χ4v) is 4.83. The topological polar surface area (TPSA) is 49.3 Å². The highest BCUT2D eigenvalue weighted by molar-refractivity contribution is 5.83. The maximum Gasteiger partial charge on any atom is 0.146 e. The average Bonchev–Trinajstić information content (AvgIpc) is 2.87. The molecule has 0 unspecified atom stereocenters. The van der Waals surface area contributed by atoms with E-state index >= 15 is 4.39 Å². The fourth-order valence-electron chi connectivity index (χ4n) is 4.83. The van der Waals surface area contributed by atoms with E-state index in [1.54, 1.807) is 0 Å². The van der Waals surface area contributed by atoms with Gasteiger partial charge in [-0.25, -0.2) is 4.39 Å². The summed E-state index contributed by atoms with van der Waals surface area (Å²) in [5, 5.41) is 0. The zero-order valence-corrected chi connectivity index (χ0v) is 20.0. The van der Waals surface area contributed by atoms with Crippen LogP contribution in [-0.4, -0.2) is 46.8 Å². The molecular weight excluding hydrogens is 427 g/mol. The SMILES string of the molecule is CCC(CC)C(=O)Cc1ccc(N2CCN(C(c3ccccn3)c3ccccn3)CC2)c(F)c1. The van der Waals surface area contributed by atoms with Crippen molar-refractivity contribution in [2.24, 2.45) is 5.92 Å². The summed E-state index contributed by atoms with van der Waals surface area (Å²) < 4.78 is 15.0. The van der Waals surface area contributed by atoms with Crippen molar-refractivity contribution in [3.63, 3.8) is 0 Å². The van der Waals surface area contributed by atoms with Gasteiger partial charge in [0.1, 0.15) is 11.6 Å². The molecule has 3 aromatic rings. The number of nitrogens with zero attached hydrogens (tertiary/aromatic N) is 4. The number of aromatic nitrogens is 2. The number of ketones is 1. The van der Waals surface area contributed by atoms with Crippen LogP contribution in [0.2, 0.25) is 0 Å². The highest BCUT2D eigenvalue weighted by Crippen LogP contribution is 2.29. The van der Waals surface area contributed by atoms with E-state index in [2.05, 4.69) is 19.8 Å². The lowest BCUT2D eigenvalue weighted by Crippen LogP contribution is -2.48. The van der Waals surface area contributed by atoms with Crippen LogP contribution in [0.25, 0.3) is 0 Å². The molecule has 0 aliphatic carbocycles. The van der Waals surface area contributed by atoms with Gasteiger partial charge in [-0.05, 0) is 54.8 Å². The second-order valence-corrected chi connectivity index (χ2v) is 8.88. The first-order valence-corrected chi connectivity index (χ1v) is 12.2. The monoisotopic (exact) mass is 460 g/mol. The maximum absolute atomic E-state index is 15.0. The largest absolute Gasteiger partial charge is 0.367 e. The Bertz CT molecular complexity index is 1020. The molecule has 0 N–H and O–H groups in total. The first-order chi connectivity index (χ1) is 16.6. The lowest BCUT2D eigenvalue weighted by Gasteiger charge is -2.40. The zero-order chi connectivity index (χ0) is 23.9. The Morgan fingerprint density at radius 2 is 1.53 bits per heavy atom. The van der Waals surface area contributed by atoms with Gasteiger partial charge in [-0.15, -0.1) is 0 Å². The summed E-state index contributed by atoms with van der Waals surface area (Å²) in [6, 6.07) is 17.1.